The van der Waals surface area contributed by atoms with Crippen LogP contribution in [0.25, 0.3) is 0 Å². The number of amides is 2. The maximum Gasteiger partial charge on any atom is 0.387 e. The lowest BCUT2D eigenvalue weighted by Crippen LogP contribution is -2.46. The molecule has 1 aromatic rings. The fourth-order valence-corrected chi connectivity index (χ4v) is 3.01. The van der Waals surface area contributed by atoms with E-state index in [0.717, 1.165) is 31.6 Å². The van der Waals surface area contributed by atoms with E-state index in [0.29, 0.717) is 13.1 Å². The highest BCUT2D eigenvalue weighted by Gasteiger charge is 2.21. The molecular formula is C18H27F2N3O3. The van der Waals surface area contributed by atoms with Crippen molar-refractivity contribution in [1.82, 2.24) is 15.5 Å². The Morgan fingerprint density at radius 1 is 1.23 bits per heavy atom. The normalized spacial score (nSPS) is 20.8. The van der Waals surface area contributed by atoms with Gasteiger partial charge in [-0.05, 0) is 38.0 Å². The smallest absolute Gasteiger partial charge is 0.387 e. The van der Waals surface area contributed by atoms with Crippen LogP contribution in [0.5, 0.6) is 5.75 Å². The molecule has 2 rings (SSSR count). The first-order valence-electron chi connectivity index (χ1n) is 8.85. The van der Waals surface area contributed by atoms with Gasteiger partial charge in [0.1, 0.15) is 5.75 Å². The zero-order valence-corrected chi connectivity index (χ0v) is 15.2. The fraction of sp³-hybridized carbons (Fsp3) is 0.611. The number of ether oxygens (including phenoxy) is 2. The highest BCUT2D eigenvalue weighted by molar-refractivity contribution is 5.73. The van der Waals surface area contributed by atoms with Crippen molar-refractivity contribution in [1.29, 1.82) is 0 Å². The number of morpholine rings is 1. The Bertz CT molecular complexity index is 547. The number of nitrogens with one attached hydrogen (secondary N) is 2. The topological polar surface area (TPSA) is 62.8 Å². The molecule has 0 aliphatic carbocycles. The summed E-state index contributed by atoms with van der Waals surface area (Å²) in [5.74, 6) is 0.0972. The summed E-state index contributed by atoms with van der Waals surface area (Å²) in [6, 6.07) is 5.93. The Morgan fingerprint density at radius 3 is 2.50 bits per heavy atom. The molecule has 1 saturated heterocycles. The van der Waals surface area contributed by atoms with E-state index in [9.17, 15) is 13.6 Å². The monoisotopic (exact) mass is 371 g/mol. The van der Waals surface area contributed by atoms with E-state index in [1.54, 1.807) is 12.1 Å². The number of nitrogens with zero attached hydrogens (tertiary/aromatic N) is 1. The summed E-state index contributed by atoms with van der Waals surface area (Å²) in [6.07, 6.45) is 1.35. The van der Waals surface area contributed by atoms with Crippen molar-refractivity contribution in [3.8, 4) is 5.75 Å². The first-order chi connectivity index (χ1) is 12.4. The predicted molar refractivity (Wildman–Crippen MR) is 94.4 cm³/mol. The van der Waals surface area contributed by atoms with Crippen molar-refractivity contribution in [2.75, 3.05) is 26.2 Å². The van der Waals surface area contributed by atoms with Crippen LogP contribution in [-0.4, -0.2) is 55.9 Å². The van der Waals surface area contributed by atoms with Gasteiger partial charge in [0.2, 0.25) is 0 Å². The van der Waals surface area contributed by atoms with Crippen molar-refractivity contribution in [3.05, 3.63) is 29.8 Å². The van der Waals surface area contributed by atoms with E-state index in [2.05, 4.69) is 34.1 Å². The third kappa shape index (κ3) is 7.53. The van der Waals surface area contributed by atoms with E-state index in [1.165, 1.54) is 12.1 Å². The third-order valence-electron chi connectivity index (χ3n) is 4.03. The van der Waals surface area contributed by atoms with Gasteiger partial charge in [-0.15, -0.1) is 0 Å². The highest BCUT2D eigenvalue weighted by atomic mass is 19.3. The molecule has 0 spiro atoms. The SMILES string of the molecule is C[C@@H]1CN(CCCNC(=O)NCc2ccc(OC(F)F)cc2)C[C@H](C)O1. The number of hydrogen-bond acceptors (Lipinski definition) is 4. The summed E-state index contributed by atoms with van der Waals surface area (Å²) in [7, 11) is 0. The van der Waals surface area contributed by atoms with Gasteiger partial charge in [-0.1, -0.05) is 12.1 Å². The number of hydrogen-bond donors (Lipinski definition) is 2. The molecule has 6 nitrogen and oxygen atoms in total. The lowest BCUT2D eigenvalue weighted by Gasteiger charge is -2.35. The molecule has 146 valence electrons. The van der Waals surface area contributed by atoms with E-state index < -0.39 is 6.61 Å². The largest absolute Gasteiger partial charge is 0.435 e. The Morgan fingerprint density at radius 2 is 1.88 bits per heavy atom. The van der Waals surface area contributed by atoms with Crippen molar-refractivity contribution >= 4 is 6.03 Å². The van der Waals surface area contributed by atoms with Crippen LogP contribution in [-0.2, 0) is 11.3 Å². The standard InChI is InChI=1S/C18H27F2N3O3/c1-13-11-23(12-14(2)25-13)9-3-8-21-18(24)22-10-15-4-6-16(7-5-15)26-17(19)20/h4-7,13-14,17H,3,8-12H2,1-2H3,(H2,21,22,24)/t13-,14+. The minimum Gasteiger partial charge on any atom is -0.435 e. The van der Waals surface area contributed by atoms with Gasteiger partial charge in [-0.25, -0.2) is 4.79 Å². The lowest BCUT2D eigenvalue weighted by atomic mass is 10.2. The first kappa shape index (κ1) is 20.4. The van der Waals surface area contributed by atoms with Gasteiger partial charge in [0.05, 0.1) is 12.2 Å². The number of carbonyl (C=O) groups is 1. The Labute approximate surface area is 152 Å². The molecule has 1 fully saturated rings. The zero-order valence-electron chi connectivity index (χ0n) is 15.2. The molecule has 2 atom stereocenters. The van der Waals surface area contributed by atoms with Gasteiger partial charge in [-0.3, -0.25) is 4.90 Å². The molecule has 26 heavy (non-hydrogen) atoms. The molecule has 8 heteroatoms. The highest BCUT2D eigenvalue weighted by Crippen LogP contribution is 2.14. The molecule has 1 aliphatic rings. The van der Waals surface area contributed by atoms with Crippen LogP contribution < -0.4 is 15.4 Å². The predicted octanol–water partition coefficient (Wildman–Crippen LogP) is 2.59. The van der Waals surface area contributed by atoms with Crippen LogP contribution in [0.3, 0.4) is 0 Å². The van der Waals surface area contributed by atoms with Gasteiger partial charge in [0, 0.05) is 32.7 Å². The van der Waals surface area contributed by atoms with Gasteiger partial charge < -0.3 is 20.1 Å². The maximum atomic E-state index is 12.1. The Kier molecular flexibility index (Phi) is 8.06. The van der Waals surface area contributed by atoms with Crippen molar-refractivity contribution in [2.24, 2.45) is 0 Å². The van der Waals surface area contributed by atoms with Gasteiger partial charge in [-0.2, -0.15) is 8.78 Å². The molecule has 2 amide bonds. The summed E-state index contributed by atoms with van der Waals surface area (Å²) < 4.78 is 34.1. The molecule has 1 heterocycles. The number of benzene rings is 1. The summed E-state index contributed by atoms with van der Waals surface area (Å²) in [5, 5.41) is 5.56. The number of carbonyl (C=O) groups excluding carboxylic acids is 1. The number of halogens is 2. The molecule has 0 aromatic heterocycles. The van der Waals surface area contributed by atoms with E-state index in [-0.39, 0.29) is 24.0 Å². The van der Waals surface area contributed by atoms with Crippen molar-refractivity contribution in [3.63, 3.8) is 0 Å². The second kappa shape index (κ2) is 10.3. The minimum atomic E-state index is -2.84. The van der Waals surface area contributed by atoms with Crippen LogP contribution in [0.4, 0.5) is 13.6 Å². The van der Waals surface area contributed by atoms with Crippen LogP contribution in [0.2, 0.25) is 0 Å². The quantitative estimate of drug-likeness (QED) is 0.690. The van der Waals surface area contributed by atoms with E-state index >= 15 is 0 Å². The summed E-state index contributed by atoms with van der Waals surface area (Å²) in [6.45, 7) is 4.97. The van der Waals surface area contributed by atoms with Gasteiger partial charge in [0.25, 0.3) is 0 Å². The molecule has 1 aromatic carbocycles. The molecular weight excluding hydrogens is 344 g/mol. The van der Waals surface area contributed by atoms with Crippen LogP contribution in [0, 0.1) is 0 Å². The first-order valence-corrected chi connectivity index (χ1v) is 8.85. The maximum absolute atomic E-state index is 12.1. The number of urea groups is 1. The summed E-state index contributed by atoms with van der Waals surface area (Å²) >= 11 is 0. The molecule has 2 N–H and O–H groups in total. The van der Waals surface area contributed by atoms with Gasteiger partial charge in [0.15, 0.2) is 0 Å². The Hall–Kier alpha value is -1.93. The van der Waals surface area contributed by atoms with Crippen molar-refractivity contribution < 1.29 is 23.0 Å². The molecule has 0 bridgehead atoms. The molecule has 0 unspecified atom stereocenters. The second-order valence-electron chi connectivity index (χ2n) is 6.50. The molecule has 0 radical (unpaired) electrons. The summed E-state index contributed by atoms with van der Waals surface area (Å²) in [4.78, 5) is 14.2. The molecule has 1 aliphatic heterocycles. The molecule has 0 saturated carbocycles. The van der Waals surface area contributed by atoms with Crippen LogP contribution in [0.15, 0.2) is 24.3 Å². The van der Waals surface area contributed by atoms with E-state index in [1.807, 2.05) is 0 Å². The number of rotatable bonds is 8. The zero-order chi connectivity index (χ0) is 18.9. The average molecular weight is 371 g/mol. The Balaban J connectivity index is 1.59. The van der Waals surface area contributed by atoms with Crippen LogP contribution in [0.1, 0.15) is 25.8 Å². The second-order valence-corrected chi connectivity index (χ2v) is 6.50. The summed E-state index contributed by atoms with van der Waals surface area (Å²) in [5.41, 5.74) is 0.804. The van der Waals surface area contributed by atoms with E-state index in [4.69, 9.17) is 4.74 Å². The minimum absolute atomic E-state index is 0.0972. The van der Waals surface area contributed by atoms with Crippen molar-refractivity contribution in [2.45, 2.75) is 45.6 Å². The number of alkyl halides is 2. The van der Waals surface area contributed by atoms with Gasteiger partial charge >= 0.3 is 12.6 Å². The third-order valence-corrected chi connectivity index (χ3v) is 4.03. The fourth-order valence-electron chi connectivity index (χ4n) is 3.01. The van der Waals surface area contributed by atoms with Crippen LogP contribution >= 0.6 is 0 Å². The lowest BCUT2D eigenvalue weighted by molar-refractivity contribution is -0.0679. The average Bonchev–Trinajstić information content (AvgIpc) is 2.57.